The second kappa shape index (κ2) is 7.83. The number of carbonyl (C=O) groups is 1. The quantitative estimate of drug-likeness (QED) is 0.608. The van der Waals surface area contributed by atoms with E-state index in [0.29, 0.717) is 25.9 Å². The van der Waals surface area contributed by atoms with Crippen LogP contribution in [0.15, 0.2) is 42.9 Å². The number of aromatic nitrogens is 3. The molecule has 9 heteroatoms. The van der Waals surface area contributed by atoms with Gasteiger partial charge in [0.25, 0.3) is 0 Å². The third-order valence-corrected chi connectivity index (χ3v) is 8.15. The van der Waals surface area contributed by atoms with Gasteiger partial charge in [-0.25, -0.2) is 13.1 Å². The number of anilines is 1. The zero-order valence-corrected chi connectivity index (χ0v) is 19.0. The van der Waals surface area contributed by atoms with Crippen molar-refractivity contribution in [2.45, 2.75) is 32.7 Å². The molecule has 0 saturated heterocycles. The summed E-state index contributed by atoms with van der Waals surface area (Å²) in [5, 5.41) is 4.70. The van der Waals surface area contributed by atoms with Crippen LogP contribution in [0, 0.1) is 0 Å². The van der Waals surface area contributed by atoms with Crippen LogP contribution >= 0.6 is 0 Å². The molecular weight excluding hydrogens is 426 g/mol. The Morgan fingerprint density at radius 1 is 1.03 bits per heavy atom. The predicted octanol–water partition coefficient (Wildman–Crippen LogP) is 2.55. The second-order valence-corrected chi connectivity index (χ2v) is 10.5. The molecule has 0 spiro atoms. The van der Waals surface area contributed by atoms with Gasteiger partial charge in [0.1, 0.15) is 0 Å². The van der Waals surface area contributed by atoms with Gasteiger partial charge in [-0.05, 0) is 42.7 Å². The van der Waals surface area contributed by atoms with E-state index in [9.17, 15) is 13.2 Å². The van der Waals surface area contributed by atoms with E-state index in [2.05, 4.69) is 11.1 Å². The van der Waals surface area contributed by atoms with Gasteiger partial charge >= 0.3 is 0 Å². The summed E-state index contributed by atoms with van der Waals surface area (Å²) in [7, 11) is -1.40. The highest BCUT2D eigenvalue weighted by atomic mass is 32.2. The number of fused-ring (bicyclic) bond motifs is 2. The Morgan fingerprint density at radius 2 is 1.88 bits per heavy atom. The third kappa shape index (κ3) is 3.61. The van der Waals surface area contributed by atoms with E-state index < -0.39 is 10.0 Å². The molecule has 2 aliphatic heterocycles. The van der Waals surface area contributed by atoms with Crippen molar-refractivity contribution >= 4 is 21.6 Å². The number of carbonyl (C=O) groups excluding carboxylic acids is 1. The number of hydrogen-bond donors (Lipinski definition) is 0. The fraction of sp³-hybridized carbons (Fsp3) is 0.348. The number of nitrogens with zero attached hydrogens (tertiary/aromatic N) is 5. The number of sulfonamides is 1. The smallest absolute Gasteiger partial charge is 0.227 e. The fourth-order valence-electron chi connectivity index (χ4n) is 4.39. The van der Waals surface area contributed by atoms with Crippen molar-refractivity contribution in [3.05, 3.63) is 59.7 Å². The third-order valence-electron chi connectivity index (χ3n) is 6.32. The summed E-state index contributed by atoms with van der Waals surface area (Å²) in [4.78, 5) is 18.1. The van der Waals surface area contributed by atoms with Crippen molar-refractivity contribution < 1.29 is 13.2 Å². The van der Waals surface area contributed by atoms with Crippen LogP contribution in [-0.2, 0) is 34.2 Å². The van der Waals surface area contributed by atoms with Gasteiger partial charge in [-0.1, -0.05) is 6.07 Å². The SMILES string of the molecule is CCS(=O)(=O)N1CCc2nn(-c3cncc(-c4ccc5c(c4)CCC(=O)N5C)c3)cc2C1. The molecule has 32 heavy (non-hydrogen) atoms. The fourth-order valence-corrected chi connectivity index (χ4v) is 5.46. The summed E-state index contributed by atoms with van der Waals surface area (Å²) in [6.07, 6.45) is 7.35. The Morgan fingerprint density at radius 3 is 2.69 bits per heavy atom. The van der Waals surface area contributed by atoms with Crippen molar-refractivity contribution in [2.75, 3.05) is 24.2 Å². The van der Waals surface area contributed by atoms with Crippen LogP contribution in [0.5, 0.6) is 0 Å². The van der Waals surface area contributed by atoms with E-state index in [4.69, 9.17) is 5.10 Å². The van der Waals surface area contributed by atoms with Crippen LogP contribution < -0.4 is 4.90 Å². The first-order valence-corrected chi connectivity index (χ1v) is 12.4. The summed E-state index contributed by atoms with van der Waals surface area (Å²) in [6.45, 7) is 2.49. The molecule has 0 radical (unpaired) electrons. The maximum atomic E-state index is 12.2. The number of hydrogen-bond acceptors (Lipinski definition) is 5. The zero-order valence-electron chi connectivity index (χ0n) is 18.2. The Balaban J connectivity index is 1.44. The maximum Gasteiger partial charge on any atom is 0.227 e. The molecule has 1 amide bonds. The molecule has 0 aliphatic carbocycles. The van der Waals surface area contributed by atoms with Crippen LogP contribution in [-0.4, -0.2) is 52.7 Å². The molecule has 2 aliphatic rings. The molecular formula is C23H25N5O3S. The van der Waals surface area contributed by atoms with Crippen LogP contribution in [0.1, 0.15) is 30.2 Å². The Kier molecular flexibility index (Phi) is 5.10. The predicted molar refractivity (Wildman–Crippen MR) is 122 cm³/mol. The van der Waals surface area contributed by atoms with Crippen LogP contribution in [0.3, 0.4) is 0 Å². The Labute approximate surface area is 187 Å². The molecule has 8 nitrogen and oxygen atoms in total. The molecule has 5 rings (SSSR count). The lowest BCUT2D eigenvalue weighted by Crippen LogP contribution is -2.36. The van der Waals surface area contributed by atoms with Crippen molar-refractivity contribution in [3.63, 3.8) is 0 Å². The van der Waals surface area contributed by atoms with Gasteiger partial charge in [-0.3, -0.25) is 9.78 Å². The summed E-state index contributed by atoms with van der Waals surface area (Å²) in [5.74, 6) is 0.245. The second-order valence-electron chi connectivity index (χ2n) is 8.26. The molecule has 0 fully saturated rings. The Hall–Kier alpha value is -3.04. The average Bonchev–Trinajstić information content (AvgIpc) is 3.25. The van der Waals surface area contributed by atoms with Gasteiger partial charge in [0.15, 0.2) is 0 Å². The summed E-state index contributed by atoms with van der Waals surface area (Å²) in [6, 6.07) is 8.16. The lowest BCUT2D eigenvalue weighted by atomic mass is 9.96. The van der Waals surface area contributed by atoms with Gasteiger partial charge < -0.3 is 4.90 Å². The van der Waals surface area contributed by atoms with Gasteiger partial charge in [-0.2, -0.15) is 9.40 Å². The first kappa shape index (κ1) is 20.8. The zero-order chi connectivity index (χ0) is 22.5. The molecule has 3 aromatic rings. The van der Waals surface area contributed by atoms with Crippen molar-refractivity contribution in [3.8, 4) is 16.8 Å². The largest absolute Gasteiger partial charge is 0.315 e. The first-order valence-electron chi connectivity index (χ1n) is 10.8. The Bertz CT molecular complexity index is 1310. The maximum absolute atomic E-state index is 12.2. The molecule has 0 N–H and O–H groups in total. The minimum Gasteiger partial charge on any atom is -0.315 e. The molecule has 1 aromatic carbocycles. The normalized spacial score (nSPS) is 16.7. The molecule has 0 saturated carbocycles. The standard InChI is InChI=1S/C23H25N5O3S/c1-3-32(30,31)27-9-8-21-19(14-27)15-28(25-21)20-11-18(12-24-13-20)16-4-6-22-17(10-16)5-7-23(29)26(22)2/h4,6,10-13,15H,3,5,7-9,14H2,1-2H3. The molecule has 0 unspecified atom stereocenters. The topological polar surface area (TPSA) is 88.4 Å². The van der Waals surface area contributed by atoms with E-state index in [0.717, 1.165) is 45.7 Å². The molecule has 0 bridgehead atoms. The van der Waals surface area contributed by atoms with Gasteiger partial charge in [-0.15, -0.1) is 0 Å². The number of benzene rings is 1. The van der Waals surface area contributed by atoms with Crippen molar-refractivity contribution in [1.82, 2.24) is 19.1 Å². The van der Waals surface area contributed by atoms with E-state index in [1.165, 1.54) is 4.31 Å². The van der Waals surface area contributed by atoms with Crippen LogP contribution in [0.25, 0.3) is 16.8 Å². The van der Waals surface area contributed by atoms with E-state index in [-0.39, 0.29) is 11.7 Å². The van der Waals surface area contributed by atoms with E-state index in [1.54, 1.807) is 22.7 Å². The van der Waals surface area contributed by atoms with Crippen molar-refractivity contribution in [1.29, 1.82) is 0 Å². The van der Waals surface area contributed by atoms with Crippen LogP contribution in [0.2, 0.25) is 0 Å². The molecule has 0 atom stereocenters. The van der Waals surface area contributed by atoms with E-state index >= 15 is 0 Å². The number of rotatable bonds is 4. The minimum absolute atomic E-state index is 0.104. The highest BCUT2D eigenvalue weighted by Crippen LogP contribution is 2.32. The van der Waals surface area contributed by atoms with Crippen molar-refractivity contribution in [2.24, 2.45) is 0 Å². The number of pyridine rings is 1. The summed E-state index contributed by atoms with van der Waals surface area (Å²) in [5.41, 5.74) is 6.81. The van der Waals surface area contributed by atoms with E-state index in [1.807, 2.05) is 37.6 Å². The number of amides is 1. The highest BCUT2D eigenvalue weighted by molar-refractivity contribution is 7.89. The van der Waals surface area contributed by atoms with Crippen LogP contribution in [0.4, 0.5) is 5.69 Å². The monoisotopic (exact) mass is 451 g/mol. The highest BCUT2D eigenvalue weighted by Gasteiger charge is 2.27. The van der Waals surface area contributed by atoms with Gasteiger partial charge in [0, 0.05) is 62.2 Å². The summed E-state index contributed by atoms with van der Waals surface area (Å²) < 4.78 is 27.8. The average molecular weight is 452 g/mol. The van der Waals surface area contributed by atoms with Gasteiger partial charge in [0.2, 0.25) is 15.9 Å². The lowest BCUT2D eigenvalue weighted by Gasteiger charge is -2.26. The molecule has 166 valence electrons. The minimum atomic E-state index is -3.22. The summed E-state index contributed by atoms with van der Waals surface area (Å²) >= 11 is 0. The lowest BCUT2D eigenvalue weighted by molar-refractivity contribution is -0.118. The first-order chi connectivity index (χ1) is 15.4. The number of aryl methyl sites for hydroxylation is 1. The van der Waals surface area contributed by atoms with Gasteiger partial charge in [0.05, 0.1) is 23.3 Å². The molecule has 2 aromatic heterocycles. The molecule has 4 heterocycles.